The van der Waals surface area contributed by atoms with Gasteiger partial charge in [0.2, 0.25) is 5.95 Å². The van der Waals surface area contributed by atoms with Crippen molar-refractivity contribution in [3.05, 3.63) is 53.3 Å². The summed E-state index contributed by atoms with van der Waals surface area (Å²) in [4.78, 5) is 17.7. The Kier molecular flexibility index (Phi) is 6.04. The van der Waals surface area contributed by atoms with Crippen LogP contribution in [0.2, 0.25) is 0 Å². The largest absolute Gasteiger partial charge is 0.356 e. The van der Waals surface area contributed by atoms with E-state index in [1.807, 2.05) is 13.1 Å². The summed E-state index contributed by atoms with van der Waals surface area (Å²) in [5.74, 6) is 1.79. The zero-order valence-electron chi connectivity index (χ0n) is 15.9. The summed E-state index contributed by atoms with van der Waals surface area (Å²) in [5, 5.41) is 3.51. The van der Waals surface area contributed by atoms with Crippen molar-refractivity contribution in [3.8, 4) is 0 Å². The number of nitrogens with one attached hydrogen (secondary N) is 1. The summed E-state index contributed by atoms with van der Waals surface area (Å²) < 4.78 is 0. The smallest absolute Gasteiger partial charge is 0.225 e. The second-order valence-corrected chi connectivity index (χ2v) is 6.68. The van der Waals surface area contributed by atoms with E-state index >= 15 is 0 Å². The predicted octanol–water partition coefficient (Wildman–Crippen LogP) is 2.03. The van der Waals surface area contributed by atoms with Gasteiger partial charge < -0.3 is 15.1 Å². The van der Waals surface area contributed by atoms with E-state index in [1.54, 1.807) is 12.4 Å². The molecule has 6 nitrogen and oxygen atoms in total. The van der Waals surface area contributed by atoms with E-state index in [2.05, 4.69) is 62.1 Å². The minimum Gasteiger partial charge on any atom is -0.356 e. The molecule has 0 saturated carbocycles. The number of hydrogen-bond acceptors (Lipinski definition) is 4. The lowest BCUT2D eigenvalue weighted by atomic mass is 10.0. The summed E-state index contributed by atoms with van der Waals surface area (Å²) >= 11 is 0. The van der Waals surface area contributed by atoms with Gasteiger partial charge in [0, 0.05) is 52.2 Å². The number of aliphatic imine (C=N–C) groups is 1. The van der Waals surface area contributed by atoms with Crippen LogP contribution in [0, 0.1) is 13.8 Å². The van der Waals surface area contributed by atoms with Crippen molar-refractivity contribution in [3.63, 3.8) is 0 Å². The van der Waals surface area contributed by atoms with Gasteiger partial charge in [-0.2, -0.15) is 0 Å². The Labute approximate surface area is 156 Å². The molecule has 138 valence electrons. The normalized spacial score (nSPS) is 15.3. The van der Waals surface area contributed by atoms with Gasteiger partial charge in [-0.1, -0.05) is 23.8 Å². The van der Waals surface area contributed by atoms with Gasteiger partial charge in [-0.3, -0.25) is 4.99 Å². The molecular formula is C20H28N6. The maximum absolute atomic E-state index is 4.46. The average Bonchev–Trinajstić information content (AvgIpc) is 2.68. The van der Waals surface area contributed by atoms with Crippen molar-refractivity contribution < 1.29 is 0 Å². The topological polar surface area (TPSA) is 56.7 Å². The van der Waals surface area contributed by atoms with Crippen molar-refractivity contribution in [2.45, 2.75) is 20.3 Å². The van der Waals surface area contributed by atoms with Crippen molar-refractivity contribution in [1.29, 1.82) is 0 Å². The van der Waals surface area contributed by atoms with Crippen LogP contribution in [0.15, 0.2) is 41.7 Å². The Morgan fingerprint density at radius 3 is 2.50 bits per heavy atom. The van der Waals surface area contributed by atoms with Gasteiger partial charge in [0.25, 0.3) is 0 Å². The van der Waals surface area contributed by atoms with Gasteiger partial charge in [-0.25, -0.2) is 9.97 Å². The molecule has 1 aromatic heterocycles. The fraction of sp³-hybridized carbons (Fsp3) is 0.450. The number of aryl methyl sites for hydroxylation is 2. The number of rotatable bonds is 4. The molecule has 0 amide bonds. The second-order valence-electron chi connectivity index (χ2n) is 6.68. The number of aromatic nitrogens is 2. The molecule has 1 saturated heterocycles. The van der Waals surface area contributed by atoms with Gasteiger partial charge in [-0.05, 0) is 37.5 Å². The monoisotopic (exact) mass is 352 g/mol. The van der Waals surface area contributed by atoms with Crippen LogP contribution in [-0.4, -0.2) is 60.6 Å². The van der Waals surface area contributed by atoms with Crippen LogP contribution in [-0.2, 0) is 6.42 Å². The number of hydrogen-bond donors (Lipinski definition) is 1. The Morgan fingerprint density at radius 1 is 1.12 bits per heavy atom. The molecule has 2 aromatic rings. The molecule has 1 fully saturated rings. The molecule has 6 heteroatoms. The summed E-state index contributed by atoms with van der Waals surface area (Å²) in [6, 6.07) is 8.51. The van der Waals surface area contributed by atoms with Crippen molar-refractivity contribution >= 4 is 11.9 Å². The van der Waals surface area contributed by atoms with E-state index in [0.717, 1.165) is 51.1 Å². The number of benzene rings is 1. The van der Waals surface area contributed by atoms with Crippen molar-refractivity contribution in [1.82, 2.24) is 20.2 Å². The van der Waals surface area contributed by atoms with Crippen molar-refractivity contribution in [2.24, 2.45) is 4.99 Å². The van der Waals surface area contributed by atoms with Gasteiger partial charge in [0.05, 0.1) is 0 Å². The first-order chi connectivity index (χ1) is 12.7. The quantitative estimate of drug-likeness (QED) is 0.674. The van der Waals surface area contributed by atoms with E-state index in [-0.39, 0.29) is 0 Å². The molecule has 1 N–H and O–H groups in total. The van der Waals surface area contributed by atoms with E-state index in [1.165, 1.54) is 16.7 Å². The summed E-state index contributed by atoms with van der Waals surface area (Å²) in [7, 11) is 1.85. The molecule has 0 atom stereocenters. The van der Waals surface area contributed by atoms with Gasteiger partial charge in [0.1, 0.15) is 0 Å². The maximum atomic E-state index is 4.46. The number of anilines is 1. The van der Waals surface area contributed by atoms with E-state index in [4.69, 9.17) is 0 Å². The van der Waals surface area contributed by atoms with Gasteiger partial charge in [-0.15, -0.1) is 0 Å². The molecule has 0 radical (unpaired) electrons. The standard InChI is InChI=1S/C20H28N6/c1-16-5-6-18(17(2)15-16)7-10-24-19(21-3)25-11-13-26(14-12-25)20-22-8-4-9-23-20/h4-6,8-9,15H,7,10-14H2,1-3H3,(H,21,24). The third-order valence-electron chi connectivity index (χ3n) is 4.80. The molecule has 0 spiro atoms. The molecule has 0 unspecified atom stereocenters. The molecule has 1 aliphatic heterocycles. The van der Waals surface area contributed by atoms with Crippen LogP contribution in [0.5, 0.6) is 0 Å². The Hall–Kier alpha value is -2.63. The van der Waals surface area contributed by atoms with Crippen LogP contribution in [0.25, 0.3) is 0 Å². The zero-order valence-corrected chi connectivity index (χ0v) is 15.9. The maximum Gasteiger partial charge on any atom is 0.225 e. The van der Waals surface area contributed by atoms with Crippen LogP contribution in [0.1, 0.15) is 16.7 Å². The first kappa shape index (κ1) is 18.2. The van der Waals surface area contributed by atoms with Crippen LogP contribution < -0.4 is 10.2 Å². The minimum atomic E-state index is 0.810. The van der Waals surface area contributed by atoms with Crippen LogP contribution in [0.3, 0.4) is 0 Å². The third-order valence-corrected chi connectivity index (χ3v) is 4.80. The molecule has 0 bridgehead atoms. The van der Waals surface area contributed by atoms with E-state index < -0.39 is 0 Å². The molecular weight excluding hydrogens is 324 g/mol. The molecule has 1 aromatic carbocycles. The fourth-order valence-electron chi connectivity index (χ4n) is 3.34. The number of piperazine rings is 1. The molecule has 3 rings (SSSR count). The molecule has 1 aliphatic rings. The highest BCUT2D eigenvalue weighted by Crippen LogP contribution is 2.12. The fourth-order valence-corrected chi connectivity index (χ4v) is 3.34. The SMILES string of the molecule is CN=C(NCCc1ccc(C)cc1C)N1CCN(c2ncccn2)CC1. The Morgan fingerprint density at radius 2 is 1.85 bits per heavy atom. The molecule has 0 aliphatic carbocycles. The Balaban J connectivity index is 1.49. The predicted molar refractivity (Wildman–Crippen MR) is 107 cm³/mol. The van der Waals surface area contributed by atoms with E-state index in [0.29, 0.717) is 0 Å². The first-order valence-electron chi connectivity index (χ1n) is 9.21. The summed E-state index contributed by atoms with van der Waals surface area (Å²) in [6.45, 7) is 8.85. The minimum absolute atomic E-state index is 0.810. The highest BCUT2D eigenvalue weighted by atomic mass is 15.4. The van der Waals surface area contributed by atoms with Crippen LogP contribution >= 0.6 is 0 Å². The first-order valence-corrected chi connectivity index (χ1v) is 9.21. The highest BCUT2D eigenvalue weighted by molar-refractivity contribution is 5.80. The van der Waals surface area contributed by atoms with Crippen molar-refractivity contribution in [2.75, 3.05) is 44.7 Å². The zero-order chi connectivity index (χ0) is 18.4. The Bertz CT molecular complexity index is 735. The third kappa shape index (κ3) is 4.50. The lowest BCUT2D eigenvalue weighted by Crippen LogP contribution is -2.53. The molecule has 2 heterocycles. The number of guanidine groups is 1. The van der Waals surface area contributed by atoms with E-state index in [9.17, 15) is 0 Å². The van der Waals surface area contributed by atoms with Crippen LogP contribution in [0.4, 0.5) is 5.95 Å². The number of nitrogens with zero attached hydrogens (tertiary/aromatic N) is 5. The van der Waals surface area contributed by atoms with Gasteiger partial charge >= 0.3 is 0 Å². The summed E-state index contributed by atoms with van der Waals surface area (Å²) in [6.07, 6.45) is 4.59. The second kappa shape index (κ2) is 8.65. The molecule has 26 heavy (non-hydrogen) atoms. The average molecular weight is 352 g/mol. The highest BCUT2D eigenvalue weighted by Gasteiger charge is 2.20. The van der Waals surface area contributed by atoms with Gasteiger partial charge in [0.15, 0.2) is 5.96 Å². The summed E-state index contributed by atoms with van der Waals surface area (Å²) in [5.41, 5.74) is 4.07. The lowest BCUT2D eigenvalue weighted by molar-refractivity contribution is 0.370. The lowest BCUT2D eigenvalue weighted by Gasteiger charge is -2.36.